The van der Waals surface area contributed by atoms with Gasteiger partial charge in [0.1, 0.15) is 5.82 Å². The first-order valence-corrected chi connectivity index (χ1v) is 11.3. The molecule has 31 heavy (non-hydrogen) atoms. The van der Waals surface area contributed by atoms with Crippen molar-refractivity contribution in [3.63, 3.8) is 0 Å². The van der Waals surface area contributed by atoms with Crippen LogP contribution in [0.2, 0.25) is 0 Å². The number of carbonyl (C=O) groups excluding carboxylic acids is 1. The Morgan fingerprint density at radius 1 is 1.00 bits per heavy atom. The molecule has 4 heterocycles. The van der Waals surface area contributed by atoms with Crippen LogP contribution in [-0.4, -0.2) is 70.2 Å². The Hall–Kier alpha value is -2.77. The minimum absolute atomic E-state index is 0.0669. The van der Waals surface area contributed by atoms with E-state index in [1.54, 1.807) is 0 Å². The molecule has 5 rings (SSSR count). The van der Waals surface area contributed by atoms with Gasteiger partial charge in [-0.1, -0.05) is 12.1 Å². The molecule has 2 saturated heterocycles. The van der Waals surface area contributed by atoms with Gasteiger partial charge in [0.2, 0.25) is 5.91 Å². The maximum atomic E-state index is 12.9. The molecule has 7 nitrogen and oxygen atoms in total. The molecular weight excluding hydrogens is 388 g/mol. The highest BCUT2D eigenvalue weighted by molar-refractivity contribution is 5.95. The Bertz CT molecular complexity index is 1030. The van der Waals surface area contributed by atoms with E-state index in [0.29, 0.717) is 11.9 Å². The van der Waals surface area contributed by atoms with Crippen LogP contribution >= 0.6 is 0 Å². The van der Waals surface area contributed by atoms with Crippen molar-refractivity contribution in [1.29, 1.82) is 0 Å². The van der Waals surface area contributed by atoms with E-state index in [0.717, 1.165) is 47.8 Å². The van der Waals surface area contributed by atoms with Gasteiger partial charge in [-0.25, -0.2) is 4.98 Å². The van der Waals surface area contributed by atoms with Crippen LogP contribution in [0.15, 0.2) is 42.9 Å². The molecular formula is C24H30N6O. The lowest BCUT2D eigenvalue weighted by molar-refractivity contribution is -0.121. The maximum absolute atomic E-state index is 12.9. The number of aromatic nitrogens is 3. The van der Waals surface area contributed by atoms with Crippen molar-refractivity contribution < 1.29 is 4.79 Å². The average Bonchev–Trinajstić information content (AvgIpc) is 3.34. The fraction of sp³-hybridized carbons (Fsp3) is 0.458. The van der Waals surface area contributed by atoms with Crippen LogP contribution in [0, 0.1) is 5.92 Å². The summed E-state index contributed by atoms with van der Waals surface area (Å²) in [6.07, 6.45) is 9.86. The van der Waals surface area contributed by atoms with Crippen molar-refractivity contribution in [3.8, 4) is 11.1 Å². The number of amides is 1. The summed E-state index contributed by atoms with van der Waals surface area (Å²) in [6, 6.07) is 8.87. The van der Waals surface area contributed by atoms with Crippen molar-refractivity contribution >= 4 is 22.5 Å². The predicted molar refractivity (Wildman–Crippen MR) is 123 cm³/mol. The third-order valence-electron chi connectivity index (χ3n) is 6.91. The molecule has 0 bridgehead atoms. The molecule has 2 fully saturated rings. The zero-order valence-corrected chi connectivity index (χ0v) is 18.1. The number of aromatic amines is 1. The van der Waals surface area contributed by atoms with Crippen LogP contribution in [0.3, 0.4) is 0 Å². The lowest BCUT2D eigenvalue weighted by atomic mass is 9.93. The van der Waals surface area contributed by atoms with Gasteiger partial charge in [-0.3, -0.25) is 9.89 Å². The van der Waals surface area contributed by atoms with Gasteiger partial charge in [-0.2, -0.15) is 5.10 Å². The maximum Gasteiger partial charge on any atom is 0.228 e. The second-order valence-electron chi connectivity index (χ2n) is 8.95. The third kappa shape index (κ3) is 4.48. The summed E-state index contributed by atoms with van der Waals surface area (Å²) in [7, 11) is 2.20. The standard InChI is InChI=1S/C24H30N6O/c1-29-8-6-22(7-9-29)30-10-4-17(5-11-30)24(31)28-23-13-20-12-18(21-15-26-27-16-21)2-3-19(20)14-25-23/h2-3,12-17,22H,4-11H2,1H3,(H,26,27)(H,25,28,31). The number of H-pyrrole nitrogens is 1. The summed E-state index contributed by atoms with van der Waals surface area (Å²) >= 11 is 0. The first-order valence-electron chi connectivity index (χ1n) is 11.3. The Kier molecular flexibility index (Phi) is 5.70. The molecule has 1 amide bonds. The number of hydrogen-bond acceptors (Lipinski definition) is 5. The zero-order valence-electron chi connectivity index (χ0n) is 18.1. The molecule has 0 aliphatic carbocycles. The van der Waals surface area contributed by atoms with Gasteiger partial charge in [0.25, 0.3) is 0 Å². The van der Waals surface area contributed by atoms with E-state index < -0.39 is 0 Å². The predicted octanol–water partition coefficient (Wildman–Crippen LogP) is 3.37. The minimum atomic E-state index is 0.0669. The van der Waals surface area contributed by atoms with Crippen LogP contribution in [-0.2, 0) is 4.79 Å². The Labute approximate surface area is 182 Å². The van der Waals surface area contributed by atoms with E-state index in [-0.39, 0.29) is 11.8 Å². The second kappa shape index (κ2) is 8.77. The van der Waals surface area contributed by atoms with Crippen molar-refractivity contribution in [3.05, 3.63) is 42.9 Å². The summed E-state index contributed by atoms with van der Waals surface area (Å²) in [6.45, 7) is 4.40. The molecule has 2 N–H and O–H groups in total. The number of benzene rings is 1. The molecule has 0 saturated carbocycles. The molecule has 0 spiro atoms. The Morgan fingerprint density at radius 3 is 2.55 bits per heavy atom. The lowest BCUT2D eigenvalue weighted by Crippen LogP contribution is -2.48. The second-order valence-corrected chi connectivity index (χ2v) is 8.95. The quantitative estimate of drug-likeness (QED) is 0.679. The fourth-order valence-corrected chi connectivity index (χ4v) is 4.91. The Morgan fingerprint density at radius 2 is 1.81 bits per heavy atom. The number of fused-ring (bicyclic) bond motifs is 1. The van der Waals surface area contributed by atoms with Crippen LogP contribution in [0.25, 0.3) is 21.9 Å². The largest absolute Gasteiger partial charge is 0.310 e. The highest BCUT2D eigenvalue weighted by Gasteiger charge is 2.30. The molecule has 7 heteroatoms. The smallest absolute Gasteiger partial charge is 0.228 e. The third-order valence-corrected chi connectivity index (χ3v) is 6.91. The summed E-state index contributed by atoms with van der Waals surface area (Å²) in [5.74, 6) is 0.790. The number of carbonyl (C=O) groups is 1. The monoisotopic (exact) mass is 418 g/mol. The zero-order chi connectivity index (χ0) is 21.2. The number of piperidine rings is 2. The molecule has 0 atom stereocenters. The van der Waals surface area contributed by atoms with E-state index in [1.807, 2.05) is 24.7 Å². The molecule has 1 aromatic carbocycles. The van der Waals surface area contributed by atoms with Crippen LogP contribution < -0.4 is 5.32 Å². The van der Waals surface area contributed by atoms with Crippen molar-refractivity contribution in [2.75, 3.05) is 38.5 Å². The summed E-state index contributed by atoms with van der Waals surface area (Å²) in [5, 5.41) is 12.1. The molecule has 2 aliphatic heterocycles. The fourth-order valence-electron chi connectivity index (χ4n) is 4.91. The molecule has 2 aliphatic rings. The molecule has 2 aromatic heterocycles. The van der Waals surface area contributed by atoms with Gasteiger partial charge in [0, 0.05) is 35.3 Å². The van der Waals surface area contributed by atoms with E-state index in [4.69, 9.17) is 0 Å². The molecule has 0 unspecified atom stereocenters. The lowest BCUT2D eigenvalue weighted by Gasteiger charge is -2.40. The summed E-state index contributed by atoms with van der Waals surface area (Å²) in [4.78, 5) is 22.4. The Balaban J connectivity index is 1.21. The van der Waals surface area contributed by atoms with Crippen molar-refractivity contribution in [2.45, 2.75) is 31.7 Å². The summed E-state index contributed by atoms with van der Waals surface area (Å²) in [5.41, 5.74) is 2.13. The number of anilines is 1. The first-order chi connectivity index (χ1) is 15.2. The van der Waals surface area contributed by atoms with Gasteiger partial charge in [-0.15, -0.1) is 0 Å². The molecule has 3 aromatic rings. The highest BCUT2D eigenvalue weighted by Crippen LogP contribution is 2.27. The number of rotatable bonds is 4. The van der Waals surface area contributed by atoms with E-state index in [9.17, 15) is 4.79 Å². The number of nitrogens with one attached hydrogen (secondary N) is 2. The van der Waals surface area contributed by atoms with Gasteiger partial charge < -0.3 is 15.1 Å². The van der Waals surface area contributed by atoms with Gasteiger partial charge in [0.05, 0.1) is 6.20 Å². The van der Waals surface area contributed by atoms with Crippen LogP contribution in [0.5, 0.6) is 0 Å². The van der Waals surface area contributed by atoms with Gasteiger partial charge in [0.15, 0.2) is 0 Å². The van der Waals surface area contributed by atoms with Crippen LogP contribution in [0.4, 0.5) is 5.82 Å². The van der Waals surface area contributed by atoms with Crippen molar-refractivity contribution in [1.82, 2.24) is 25.0 Å². The van der Waals surface area contributed by atoms with Gasteiger partial charge >= 0.3 is 0 Å². The van der Waals surface area contributed by atoms with E-state index in [1.165, 1.54) is 25.9 Å². The summed E-state index contributed by atoms with van der Waals surface area (Å²) < 4.78 is 0. The number of nitrogens with zero attached hydrogens (tertiary/aromatic N) is 4. The average molecular weight is 419 g/mol. The SMILES string of the molecule is CN1CCC(N2CCC(C(=O)Nc3cc4cc(-c5cn[nH]c5)ccc4cn3)CC2)CC1. The topological polar surface area (TPSA) is 77.1 Å². The molecule has 162 valence electrons. The number of pyridine rings is 1. The van der Waals surface area contributed by atoms with Crippen LogP contribution in [0.1, 0.15) is 25.7 Å². The van der Waals surface area contributed by atoms with E-state index >= 15 is 0 Å². The van der Waals surface area contributed by atoms with Gasteiger partial charge in [-0.05, 0) is 82.0 Å². The van der Waals surface area contributed by atoms with Crippen molar-refractivity contribution in [2.24, 2.45) is 5.92 Å². The number of likely N-dealkylation sites (tertiary alicyclic amines) is 2. The normalized spacial score (nSPS) is 19.6. The highest BCUT2D eigenvalue weighted by atomic mass is 16.1. The first kappa shape index (κ1) is 20.2. The molecule has 0 radical (unpaired) electrons. The van der Waals surface area contributed by atoms with E-state index in [2.05, 4.69) is 55.5 Å². The minimum Gasteiger partial charge on any atom is -0.310 e. The number of hydrogen-bond donors (Lipinski definition) is 2.